The number of hydrogen-bond acceptors (Lipinski definition) is 6. The minimum Gasteiger partial charge on any atom is -0.456 e. The first-order valence-electron chi connectivity index (χ1n) is 9.10. The second-order valence-corrected chi connectivity index (χ2v) is 8.32. The molecule has 0 radical (unpaired) electrons. The number of benzene rings is 1. The number of nitriles is 1. The topological polar surface area (TPSA) is 98.2 Å². The molecule has 0 aliphatic carbocycles. The fourth-order valence-corrected chi connectivity index (χ4v) is 3.54. The number of fused-ring (bicyclic) bond motifs is 1. The molecule has 0 spiro atoms. The zero-order chi connectivity index (χ0) is 21.5. The van der Waals surface area contributed by atoms with E-state index in [1.54, 1.807) is 27.7 Å². The second-order valence-electron chi connectivity index (χ2n) is 7.96. The van der Waals surface area contributed by atoms with Crippen molar-refractivity contribution in [3.05, 3.63) is 63.3 Å². The number of nitrogens with two attached hydrogens (primary N) is 1. The zero-order valence-electron chi connectivity index (χ0n) is 17.0. The maximum absolute atomic E-state index is 13.0. The fourth-order valence-electron chi connectivity index (χ4n) is 3.28. The van der Waals surface area contributed by atoms with Gasteiger partial charge in [0.25, 0.3) is 0 Å². The SMILES string of the molecule is CC1=C(C(=O)OC(C)(C)C)[C@@H](c2cc3cc(C)ccc3nc2Cl)C(C#N)=C(N)O1. The normalized spacial score (nSPS) is 17.2. The molecule has 1 aromatic carbocycles. The van der Waals surface area contributed by atoms with Gasteiger partial charge in [0.1, 0.15) is 28.2 Å². The molecule has 0 unspecified atom stereocenters. The van der Waals surface area contributed by atoms with Crippen LogP contribution < -0.4 is 5.73 Å². The number of pyridine rings is 1. The Kier molecular flexibility index (Phi) is 5.29. The van der Waals surface area contributed by atoms with E-state index in [-0.39, 0.29) is 27.9 Å². The minimum absolute atomic E-state index is 0.0669. The molecule has 0 bridgehead atoms. The average Bonchev–Trinajstić information content (AvgIpc) is 2.59. The van der Waals surface area contributed by atoms with Crippen molar-refractivity contribution in [3.8, 4) is 6.07 Å². The van der Waals surface area contributed by atoms with Gasteiger partial charge in [-0.05, 0) is 52.8 Å². The predicted octanol–water partition coefficient (Wildman–Crippen LogP) is 4.62. The van der Waals surface area contributed by atoms with Crippen LogP contribution in [0.25, 0.3) is 10.9 Å². The Bertz CT molecular complexity index is 1120. The largest absolute Gasteiger partial charge is 0.456 e. The van der Waals surface area contributed by atoms with E-state index in [1.165, 1.54) is 0 Å². The number of halogens is 1. The molecule has 6 nitrogen and oxygen atoms in total. The van der Waals surface area contributed by atoms with Crippen LogP contribution in [0.1, 0.15) is 44.7 Å². The third kappa shape index (κ3) is 4.06. The van der Waals surface area contributed by atoms with Crippen molar-refractivity contribution in [2.75, 3.05) is 0 Å². The third-order valence-corrected chi connectivity index (χ3v) is 4.79. The van der Waals surface area contributed by atoms with E-state index in [1.807, 2.05) is 31.2 Å². The molecule has 0 saturated heterocycles. The van der Waals surface area contributed by atoms with Gasteiger partial charge >= 0.3 is 5.97 Å². The van der Waals surface area contributed by atoms with Crippen molar-refractivity contribution in [2.24, 2.45) is 5.73 Å². The molecule has 29 heavy (non-hydrogen) atoms. The summed E-state index contributed by atoms with van der Waals surface area (Å²) < 4.78 is 11.0. The molecule has 2 aromatic rings. The monoisotopic (exact) mass is 411 g/mol. The van der Waals surface area contributed by atoms with Gasteiger partial charge < -0.3 is 15.2 Å². The molecule has 1 aromatic heterocycles. The molecule has 2 heterocycles. The van der Waals surface area contributed by atoms with Crippen molar-refractivity contribution in [3.63, 3.8) is 0 Å². The van der Waals surface area contributed by atoms with Crippen LogP contribution in [0.5, 0.6) is 0 Å². The van der Waals surface area contributed by atoms with Gasteiger partial charge in [-0.2, -0.15) is 5.26 Å². The first-order chi connectivity index (χ1) is 13.5. The molecule has 1 atom stereocenters. The van der Waals surface area contributed by atoms with Gasteiger partial charge in [-0.1, -0.05) is 23.2 Å². The summed E-state index contributed by atoms with van der Waals surface area (Å²) in [5.74, 6) is -1.24. The summed E-state index contributed by atoms with van der Waals surface area (Å²) in [6.45, 7) is 8.88. The minimum atomic E-state index is -0.839. The number of nitrogens with zero attached hydrogens (tertiary/aromatic N) is 2. The van der Waals surface area contributed by atoms with Crippen LogP contribution in [-0.4, -0.2) is 16.6 Å². The summed E-state index contributed by atoms with van der Waals surface area (Å²) in [6, 6.07) is 9.66. The Hall–Kier alpha value is -3.04. The maximum Gasteiger partial charge on any atom is 0.338 e. The quantitative estimate of drug-likeness (QED) is 0.571. The van der Waals surface area contributed by atoms with E-state index < -0.39 is 17.5 Å². The molecule has 7 heteroatoms. The highest BCUT2D eigenvalue weighted by Gasteiger charge is 2.39. The van der Waals surface area contributed by atoms with E-state index in [9.17, 15) is 10.1 Å². The average molecular weight is 412 g/mol. The molecule has 2 N–H and O–H groups in total. The lowest BCUT2D eigenvalue weighted by Crippen LogP contribution is -2.30. The summed E-state index contributed by atoms with van der Waals surface area (Å²) in [5.41, 5.74) is 7.77. The molecule has 0 amide bonds. The number of ether oxygens (including phenoxy) is 2. The highest BCUT2D eigenvalue weighted by Crippen LogP contribution is 2.43. The van der Waals surface area contributed by atoms with Gasteiger partial charge in [0.2, 0.25) is 5.88 Å². The Labute approximate surface area is 174 Å². The van der Waals surface area contributed by atoms with Gasteiger partial charge in [0.05, 0.1) is 17.0 Å². The summed E-state index contributed by atoms with van der Waals surface area (Å²) in [4.78, 5) is 17.5. The van der Waals surface area contributed by atoms with Crippen molar-refractivity contribution in [2.45, 2.75) is 46.1 Å². The Balaban J connectivity index is 2.25. The smallest absolute Gasteiger partial charge is 0.338 e. The van der Waals surface area contributed by atoms with Crippen LogP contribution in [0.15, 0.2) is 47.1 Å². The van der Waals surface area contributed by atoms with E-state index in [0.29, 0.717) is 11.1 Å². The lowest BCUT2D eigenvalue weighted by Gasteiger charge is -2.29. The van der Waals surface area contributed by atoms with Gasteiger partial charge in [-0.15, -0.1) is 0 Å². The standard InChI is InChI=1S/C22H22ClN3O3/c1-11-6-7-16-13(8-11)9-14(19(23)26-16)18-15(10-24)20(25)28-12(2)17(18)21(27)29-22(3,4)5/h6-9,18H,25H2,1-5H3/t18-/m0/s1. The van der Waals surface area contributed by atoms with Crippen LogP contribution >= 0.6 is 11.6 Å². The van der Waals surface area contributed by atoms with E-state index in [2.05, 4.69) is 11.1 Å². The Morgan fingerprint density at radius 2 is 2.00 bits per heavy atom. The van der Waals surface area contributed by atoms with Crippen molar-refractivity contribution in [1.29, 1.82) is 5.26 Å². The number of carbonyl (C=O) groups excluding carboxylic acids is 1. The van der Waals surface area contributed by atoms with Crippen LogP contribution in [0.3, 0.4) is 0 Å². The molecular weight excluding hydrogens is 390 g/mol. The Morgan fingerprint density at radius 3 is 2.62 bits per heavy atom. The number of aryl methyl sites for hydroxylation is 1. The van der Waals surface area contributed by atoms with E-state index in [4.69, 9.17) is 26.8 Å². The van der Waals surface area contributed by atoms with Crippen LogP contribution in [-0.2, 0) is 14.3 Å². The second kappa shape index (κ2) is 7.41. The predicted molar refractivity (Wildman–Crippen MR) is 111 cm³/mol. The van der Waals surface area contributed by atoms with Gasteiger partial charge in [-0.3, -0.25) is 0 Å². The van der Waals surface area contributed by atoms with Crippen molar-refractivity contribution < 1.29 is 14.3 Å². The van der Waals surface area contributed by atoms with Crippen molar-refractivity contribution in [1.82, 2.24) is 4.98 Å². The number of hydrogen-bond donors (Lipinski definition) is 1. The van der Waals surface area contributed by atoms with Gasteiger partial charge in [0.15, 0.2) is 0 Å². The highest BCUT2D eigenvalue weighted by molar-refractivity contribution is 6.30. The summed E-state index contributed by atoms with van der Waals surface area (Å²) in [5, 5.41) is 10.8. The van der Waals surface area contributed by atoms with Crippen LogP contribution in [0.4, 0.5) is 0 Å². The van der Waals surface area contributed by atoms with Gasteiger partial charge in [0, 0.05) is 10.9 Å². The number of allylic oxidation sites excluding steroid dienone is 2. The molecule has 0 fully saturated rings. The summed E-state index contributed by atoms with van der Waals surface area (Å²) in [7, 11) is 0. The first kappa shape index (κ1) is 20.7. The molecule has 1 aliphatic rings. The van der Waals surface area contributed by atoms with Gasteiger partial charge in [-0.25, -0.2) is 9.78 Å². The first-order valence-corrected chi connectivity index (χ1v) is 9.48. The van der Waals surface area contributed by atoms with E-state index in [0.717, 1.165) is 10.9 Å². The summed E-state index contributed by atoms with van der Waals surface area (Å²) >= 11 is 6.50. The van der Waals surface area contributed by atoms with Crippen LogP contribution in [0.2, 0.25) is 5.15 Å². The van der Waals surface area contributed by atoms with E-state index >= 15 is 0 Å². The van der Waals surface area contributed by atoms with Crippen molar-refractivity contribution >= 4 is 28.5 Å². The number of carbonyl (C=O) groups is 1. The Morgan fingerprint density at radius 1 is 1.31 bits per heavy atom. The molecule has 0 saturated carbocycles. The number of esters is 1. The third-order valence-electron chi connectivity index (χ3n) is 4.49. The molecule has 1 aliphatic heterocycles. The molecular formula is C22H22ClN3O3. The fraction of sp³-hybridized carbons (Fsp3) is 0.318. The van der Waals surface area contributed by atoms with Crippen LogP contribution in [0, 0.1) is 18.3 Å². The molecule has 3 rings (SSSR count). The summed E-state index contributed by atoms with van der Waals surface area (Å²) in [6.07, 6.45) is 0. The highest BCUT2D eigenvalue weighted by atomic mass is 35.5. The lowest BCUT2D eigenvalue weighted by molar-refractivity contribution is -0.150. The lowest BCUT2D eigenvalue weighted by atomic mass is 9.83. The number of rotatable bonds is 2. The zero-order valence-corrected chi connectivity index (χ0v) is 17.7. The number of aromatic nitrogens is 1. The maximum atomic E-state index is 13.0. The molecule has 150 valence electrons.